The first-order valence-electron chi connectivity index (χ1n) is 9.74. The zero-order chi connectivity index (χ0) is 18.9. The van der Waals surface area contributed by atoms with Gasteiger partial charge in [0.25, 0.3) is 5.91 Å². The van der Waals surface area contributed by atoms with Gasteiger partial charge in [-0.25, -0.2) is 0 Å². The molecular weight excluding hydrogens is 354 g/mol. The van der Waals surface area contributed by atoms with Gasteiger partial charge in [-0.05, 0) is 23.5 Å². The maximum absolute atomic E-state index is 12.7. The molecule has 2 atom stereocenters. The van der Waals surface area contributed by atoms with Gasteiger partial charge in [0.1, 0.15) is 5.82 Å². The van der Waals surface area contributed by atoms with Gasteiger partial charge in [-0.3, -0.25) is 9.69 Å². The van der Waals surface area contributed by atoms with E-state index >= 15 is 0 Å². The third kappa shape index (κ3) is 3.33. The smallest absolute Gasteiger partial charge is 0.289 e. The molecule has 1 saturated heterocycles. The Hall–Kier alpha value is -2.93. The normalized spacial score (nSPS) is 21.3. The van der Waals surface area contributed by atoms with E-state index < -0.39 is 0 Å². The molecule has 4 heterocycles. The van der Waals surface area contributed by atoms with Crippen molar-refractivity contribution in [2.75, 3.05) is 13.1 Å². The maximum atomic E-state index is 12.7. The van der Waals surface area contributed by atoms with Crippen molar-refractivity contribution in [1.29, 1.82) is 0 Å². The summed E-state index contributed by atoms with van der Waals surface area (Å²) in [7, 11) is 0. The molecule has 1 amide bonds. The van der Waals surface area contributed by atoms with Gasteiger partial charge in [0.2, 0.25) is 5.82 Å². The number of nitrogens with one attached hydrogen (secondary N) is 1. The van der Waals surface area contributed by atoms with E-state index in [0.717, 1.165) is 44.0 Å². The first kappa shape index (κ1) is 17.2. The average Bonchev–Trinajstić information content (AvgIpc) is 3.44. The van der Waals surface area contributed by atoms with Crippen molar-refractivity contribution < 1.29 is 9.21 Å². The van der Waals surface area contributed by atoms with Crippen LogP contribution in [0.5, 0.6) is 0 Å². The van der Waals surface area contributed by atoms with Gasteiger partial charge in [0.05, 0.1) is 12.5 Å². The molecule has 2 aromatic heterocycles. The van der Waals surface area contributed by atoms with Crippen molar-refractivity contribution in [2.45, 2.75) is 26.1 Å². The fraction of sp³-hybridized carbons (Fsp3) is 0.381. The Kier molecular flexibility index (Phi) is 4.44. The number of aromatic nitrogens is 3. The minimum absolute atomic E-state index is 0.158. The third-order valence-electron chi connectivity index (χ3n) is 5.83. The van der Waals surface area contributed by atoms with E-state index in [9.17, 15) is 4.79 Å². The standard InChI is InChI=1S/C21H23N5O2/c27-21(22-9-15-4-2-1-3-5-15)20-24-23-19-8-17-11-25(10-16-6-7-28-14-16)12-18(17)13-26(19)20/h1-7,14,17-18H,8-13H2,(H,22,27)/t17-,18+/m1/s1. The lowest BCUT2D eigenvalue weighted by molar-refractivity contribution is 0.0932. The summed E-state index contributed by atoms with van der Waals surface area (Å²) in [4.78, 5) is 15.1. The van der Waals surface area contributed by atoms with Crippen LogP contribution >= 0.6 is 0 Å². The number of furan rings is 1. The Morgan fingerprint density at radius 2 is 1.93 bits per heavy atom. The Bertz CT molecular complexity index is 951. The van der Waals surface area contributed by atoms with Crippen LogP contribution < -0.4 is 5.32 Å². The fourth-order valence-corrected chi connectivity index (χ4v) is 4.42. The molecule has 7 nitrogen and oxygen atoms in total. The van der Waals surface area contributed by atoms with E-state index in [1.807, 2.05) is 47.2 Å². The van der Waals surface area contributed by atoms with E-state index in [2.05, 4.69) is 20.4 Å². The number of carbonyl (C=O) groups is 1. The second-order valence-electron chi connectivity index (χ2n) is 7.77. The van der Waals surface area contributed by atoms with Crippen LogP contribution in [0.4, 0.5) is 0 Å². The number of likely N-dealkylation sites (tertiary alicyclic amines) is 1. The number of nitrogens with zero attached hydrogens (tertiary/aromatic N) is 4. The average molecular weight is 377 g/mol. The minimum atomic E-state index is -0.158. The summed E-state index contributed by atoms with van der Waals surface area (Å²) in [5.41, 5.74) is 2.28. The van der Waals surface area contributed by atoms with Gasteiger partial charge in [0.15, 0.2) is 0 Å². The lowest BCUT2D eigenvalue weighted by Crippen LogP contribution is -2.32. The molecule has 28 heavy (non-hydrogen) atoms. The number of benzene rings is 1. The van der Waals surface area contributed by atoms with E-state index in [4.69, 9.17) is 4.42 Å². The second-order valence-corrected chi connectivity index (χ2v) is 7.77. The van der Waals surface area contributed by atoms with Crippen molar-refractivity contribution in [3.8, 4) is 0 Å². The maximum Gasteiger partial charge on any atom is 0.289 e. The van der Waals surface area contributed by atoms with Crippen LogP contribution in [0.25, 0.3) is 0 Å². The summed E-state index contributed by atoms with van der Waals surface area (Å²) >= 11 is 0. The number of fused-ring (bicyclic) bond motifs is 2. The molecule has 2 aliphatic heterocycles. The fourth-order valence-electron chi connectivity index (χ4n) is 4.42. The third-order valence-corrected chi connectivity index (χ3v) is 5.83. The predicted octanol–water partition coefficient (Wildman–Crippen LogP) is 2.11. The zero-order valence-corrected chi connectivity index (χ0v) is 15.6. The zero-order valence-electron chi connectivity index (χ0n) is 15.6. The largest absolute Gasteiger partial charge is 0.472 e. The summed E-state index contributed by atoms with van der Waals surface area (Å²) in [6, 6.07) is 11.9. The molecule has 7 heteroatoms. The Morgan fingerprint density at radius 1 is 1.07 bits per heavy atom. The predicted molar refractivity (Wildman–Crippen MR) is 102 cm³/mol. The monoisotopic (exact) mass is 377 g/mol. The number of amides is 1. The van der Waals surface area contributed by atoms with E-state index in [-0.39, 0.29) is 5.91 Å². The van der Waals surface area contributed by atoms with Gasteiger partial charge >= 0.3 is 0 Å². The van der Waals surface area contributed by atoms with Crippen LogP contribution in [-0.2, 0) is 26.1 Å². The molecule has 0 saturated carbocycles. The topological polar surface area (TPSA) is 76.2 Å². The SMILES string of the molecule is O=C(NCc1ccccc1)c1nnc2n1C[C@@H]1CN(Cc3ccoc3)C[C@H]1C2. The van der Waals surface area contributed by atoms with Crippen molar-refractivity contribution in [3.63, 3.8) is 0 Å². The van der Waals surface area contributed by atoms with Crippen LogP contribution in [0.3, 0.4) is 0 Å². The summed E-state index contributed by atoms with van der Waals surface area (Å²) in [5, 5.41) is 11.5. The minimum Gasteiger partial charge on any atom is -0.472 e. The van der Waals surface area contributed by atoms with E-state index in [1.165, 1.54) is 5.56 Å². The number of carbonyl (C=O) groups excluding carboxylic acids is 1. The van der Waals surface area contributed by atoms with Crippen LogP contribution in [0.2, 0.25) is 0 Å². The highest BCUT2D eigenvalue weighted by molar-refractivity contribution is 5.90. The molecular formula is C21H23N5O2. The van der Waals surface area contributed by atoms with E-state index in [0.29, 0.717) is 24.2 Å². The van der Waals surface area contributed by atoms with Gasteiger partial charge in [-0.1, -0.05) is 30.3 Å². The summed E-state index contributed by atoms with van der Waals surface area (Å²) in [6.45, 7) is 4.29. The highest BCUT2D eigenvalue weighted by atomic mass is 16.3. The van der Waals surface area contributed by atoms with Crippen LogP contribution in [-0.4, -0.2) is 38.7 Å². The molecule has 2 aliphatic rings. The molecule has 0 spiro atoms. The van der Waals surface area contributed by atoms with Crippen LogP contribution in [0, 0.1) is 11.8 Å². The van der Waals surface area contributed by atoms with Gasteiger partial charge < -0.3 is 14.3 Å². The van der Waals surface area contributed by atoms with E-state index in [1.54, 1.807) is 6.26 Å². The molecule has 0 radical (unpaired) electrons. The number of hydrogen-bond acceptors (Lipinski definition) is 5. The first-order chi connectivity index (χ1) is 13.8. The Balaban J connectivity index is 1.25. The second kappa shape index (κ2) is 7.24. The highest BCUT2D eigenvalue weighted by Gasteiger charge is 2.39. The highest BCUT2D eigenvalue weighted by Crippen LogP contribution is 2.33. The summed E-state index contributed by atoms with van der Waals surface area (Å²) < 4.78 is 7.20. The van der Waals surface area contributed by atoms with Crippen molar-refractivity contribution >= 4 is 5.91 Å². The quantitative estimate of drug-likeness (QED) is 0.737. The number of hydrogen-bond donors (Lipinski definition) is 1. The molecule has 144 valence electrons. The van der Waals surface area contributed by atoms with Gasteiger partial charge in [-0.15, -0.1) is 10.2 Å². The molecule has 0 unspecified atom stereocenters. The first-order valence-corrected chi connectivity index (χ1v) is 9.74. The van der Waals surface area contributed by atoms with Crippen LogP contribution in [0.15, 0.2) is 53.3 Å². The Morgan fingerprint density at radius 3 is 2.75 bits per heavy atom. The lowest BCUT2D eigenvalue weighted by Gasteiger charge is -2.25. The number of rotatable bonds is 5. The molecule has 1 N–H and O–H groups in total. The molecule has 3 aromatic rings. The lowest BCUT2D eigenvalue weighted by atomic mass is 9.89. The van der Waals surface area contributed by atoms with Crippen LogP contribution in [0.1, 0.15) is 27.6 Å². The summed E-state index contributed by atoms with van der Waals surface area (Å²) in [6.07, 6.45) is 4.41. The van der Waals surface area contributed by atoms with Crippen molar-refractivity contribution in [2.24, 2.45) is 11.8 Å². The van der Waals surface area contributed by atoms with Crippen molar-refractivity contribution in [3.05, 3.63) is 71.7 Å². The molecule has 0 bridgehead atoms. The molecule has 1 fully saturated rings. The Labute approximate surface area is 163 Å². The molecule has 5 rings (SSSR count). The summed E-state index contributed by atoms with van der Waals surface area (Å²) in [5.74, 6) is 2.29. The van der Waals surface area contributed by atoms with Crippen molar-refractivity contribution in [1.82, 2.24) is 25.0 Å². The molecule has 0 aliphatic carbocycles. The molecule has 1 aromatic carbocycles. The van der Waals surface area contributed by atoms with Gasteiger partial charge in [0, 0.05) is 44.7 Å². The van der Waals surface area contributed by atoms with Gasteiger partial charge in [-0.2, -0.15) is 0 Å².